The molecular weight excluding hydrogens is 134 g/mol. The molecule has 10 heavy (non-hydrogen) atoms. The SMILES string of the molecule is O=C(O)Nc1cccnn1. The van der Waals surface area contributed by atoms with Crippen LogP contribution < -0.4 is 5.32 Å². The van der Waals surface area contributed by atoms with E-state index in [4.69, 9.17) is 5.11 Å². The van der Waals surface area contributed by atoms with Gasteiger partial charge >= 0.3 is 6.09 Å². The molecule has 0 fully saturated rings. The Kier molecular flexibility index (Phi) is 1.79. The van der Waals surface area contributed by atoms with Crippen LogP contribution in [0, 0.1) is 0 Å². The number of nitrogens with one attached hydrogen (secondary N) is 1. The summed E-state index contributed by atoms with van der Waals surface area (Å²) < 4.78 is 0. The summed E-state index contributed by atoms with van der Waals surface area (Å²) in [4.78, 5) is 9.99. The summed E-state index contributed by atoms with van der Waals surface area (Å²) in [5.41, 5.74) is 0. The van der Waals surface area contributed by atoms with Crippen molar-refractivity contribution in [2.45, 2.75) is 0 Å². The number of rotatable bonds is 1. The summed E-state index contributed by atoms with van der Waals surface area (Å²) in [7, 11) is 0. The van der Waals surface area contributed by atoms with Gasteiger partial charge in [-0.05, 0) is 12.1 Å². The lowest BCUT2D eigenvalue weighted by molar-refractivity contribution is 0.209. The van der Waals surface area contributed by atoms with E-state index >= 15 is 0 Å². The van der Waals surface area contributed by atoms with Crippen LogP contribution in [0.15, 0.2) is 18.3 Å². The van der Waals surface area contributed by atoms with E-state index in [2.05, 4.69) is 10.2 Å². The number of nitrogens with zero attached hydrogens (tertiary/aromatic N) is 2. The number of aromatic nitrogens is 2. The summed E-state index contributed by atoms with van der Waals surface area (Å²) in [6, 6.07) is 3.11. The molecule has 1 heterocycles. The van der Waals surface area contributed by atoms with E-state index in [0.717, 1.165) is 0 Å². The van der Waals surface area contributed by atoms with Crippen molar-refractivity contribution in [1.29, 1.82) is 0 Å². The van der Waals surface area contributed by atoms with Gasteiger partial charge in [-0.15, -0.1) is 5.10 Å². The highest BCUT2D eigenvalue weighted by atomic mass is 16.4. The summed E-state index contributed by atoms with van der Waals surface area (Å²) in [6.45, 7) is 0. The minimum absolute atomic E-state index is 0.231. The molecular formula is C5H5N3O2. The zero-order chi connectivity index (χ0) is 7.40. The molecule has 0 unspecified atom stereocenters. The van der Waals surface area contributed by atoms with Gasteiger partial charge in [0.25, 0.3) is 0 Å². The highest BCUT2D eigenvalue weighted by molar-refractivity contribution is 5.81. The smallest absolute Gasteiger partial charge is 0.410 e. The molecule has 0 aromatic carbocycles. The molecule has 5 nitrogen and oxygen atoms in total. The summed E-state index contributed by atoms with van der Waals surface area (Å²) >= 11 is 0. The fourth-order valence-electron chi connectivity index (χ4n) is 0.478. The van der Waals surface area contributed by atoms with E-state index in [9.17, 15) is 4.79 Å². The average Bonchev–Trinajstić information content (AvgIpc) is 1.88. The van der Waals surface area contributed by atoms with Crippen molar-refractivity contribution < 1.29 is 9.90 Å². The van der Waals surface area contributed by atoms with Crippen molar-refractivity contribution in [3.63, 3.8) is 0 Å². The molecule has 0 saturated carbocycles. The van der Waals surface area contributed by atoms with Gasteiger partial charge in [-0.2, -0.15) is 5.10 Å². The van der Waals surface area contributed by atoms with Gasteiger partial charge in [0, 0.05) is 6.20 Å². The second-order valence-electron chi connectivity index (χ2n) is 1.54. The first-order valence-corrected chi connectivity index (χ1v) is 2.56. The summed E-state index contributed by atoms with van der Waals surface area (Å²) in [5.74, 6) is 0.231. The average molecular weight is 139 g/mol. The molecule has 0 saturated heterocycles. The van der Waals surface area contributed by atoms with Crippen LogP contribution >= 0.6 is 0 Å². The van der Waals surface area contributed by atoms with Crippen LogP contribution in [0.5, 0.6) is 0 Å². The van der Waals surface area contributed by atoms with Crippen LogP contribution in [0.25, 0.3) is 0 Å². The van der Waals surface area contributed by atoms with Gasteiger partial charge in [-0.3, -0.25) is 5.32 Å². The molecule has 0 radical (unpaired) electrons. The standard InChI is InChI=1S/C5H5N3O2/c9-5(10)7-4-2-1-3-6-8-4/h1-3H,(H,7,8)(H,9,10). The lowest BCUT2D eigenvalue weighted by atomic mass is 10.5. The Morgan fingerprint density at radius 2 is 2.50 bits per heavy atom. The molecule has 0 bridgehead atoms. The summed E-state index contributed by atoms with van der Waals surface area (Å²) in [6.07, 6.45) is 0.327. The molecule has 0 aliphatic heterocycles. The molecule has 52 valence electrons. The van der Waals surface area contributed by atoms with Crippen molar-refractivity contribution >= 4 is 11.9 Å². The second kappa shape index (κ2) is 2.77. The van der Waals surface area contributed by atoms with Crippen LogP contribution in [-0.4, -0.2) is 21.4 Å². The first kappa shape index (κ1) is 6.47. The van der Waals surface area contributed by atoms with Gasteiger partial charge in [0.05, 0.1) is 0 Å². The molecule has 5 heteroatoms. The topological polar surface area (TPSA) is 75.1 Å². The fourth-order valence-corrected chi connectivity index (χ4v) is 0.478. The maximum atomic E-state index is 9.99. The number of hydrogen-bond donors (Lipinski definition) is 2. The first-order valence-electron chi connectivity index (χ1n) is 2.56. The zero-order valence-corrected chi connectivity index (χ0v) is 4.98. The lowest BCUT2D eigenvalue weighted by Gasteiger charge is -1.94. The Bertz CT molecular complexity index is 224. The van der Waals surface area contributed by atoms with E-state index in [0.29, 0.717) is 0 Å². The largest absolute Gasteiger partial charge is 0.465 e. The number of hydrogen-bond acceptors (Lipinski definition) is 3. The van der Waals surface area contributed by atoms with E-state index < -0.39 is 6.09 Å². The minimum Gasteiger partial charge on any atom is -0.465 e. The molecule has 0 aliphatic rings. The lowest BCUT2D eigenvalue weighted by Crippen LogP contribution is -2.08. The van der Waals surface area contributed by atoms with Gasteiger partial charge in [0.2, 0.25) is 0 Å². The second-order valence-corrected chi connectivity index (χ2v) is 1.54. The summed E-state index contributed by atoms with van der Waals surface area (Å²) in [5, 5.41) is 17.2. The van der Waals surface area contributed by atoms with Crippen LogP contribution in [0.1, 0.15) is 0 Å². The van der Waals surface area contributed by atoms with Gasteiger partial charge in [-0.1, -0.05) is 0 Å². The van der Waals surface area contributed by atoms with Crippen molar-refractivity contribution in [3.05, 3.63) is 18.3 Å². The Morgan fingerprint density at radius 3 is 3.00 bits per heavy atom. The van der Waals surface area contributed by atoms with Crippen molar-refractivity contribution in [2.24, 2.45) is 0 Å². The monoisotopic (exact) mass is 139 g/mol. The predicted octanol–water partition coefficient (Wildman–Crippen LogP) is 0.566. The third-order valence-electron chi connectivity index (χ3n) is 0.807. The van der Waals surface area contributed by atoms with Gasteiger partial charge < -0.3 is 5.11 Å². The normalized spacial score (nSPS) is 8.80. The Balaban J connectivity index is 2.67. The highest BCUT2D eigenvalue weighted by Crippen LogP contribution is 1.95. The van der Waals surface area contributed by atoms with Gasteiger partial charge in [-0.25, -0.2) is 4.79 Å². The molecule has 1 rings (SSSR count). The fraction of sp³-hybridized carbons (Fsp3) is 0. The van der Waals surface area contributed by atoms with Crippen molar-refractivity contribution in [3.8, 4) is 0 Å². The van der Waals surface area contributed by atoms with Gasteiger partial charge in [0.15, 0.2) is 5.82 Å². The first-order chi connectivity index (χ1) is 4.79. The Hall–Kier alpha value is -1.65. The molecule has 0 aliphatic carbocycles. The molecule has 2 N–H and O–H groups in total. The maximum absolute atomic E-state index is 9.99. The molecule has 1 aromatic rings. The van der Waals surface area contributed by atoms with Crippen LogP contribution in [0.3, 0.4) is 0 Å². The maximum Gasteiger partial charge on any atom is 0.410 e. The van der Waals surface area contributed by atoms with E-state index in [1.165, 1.54) is 12.3 Å². The Labute approximate surface area is 56.7 Å². The quantitative estimate of drug-likeness (QED) is 0.596. The van der Waals surface area contributed by atoms with E-state index in [-0.39, 0.29) is 5.82 Å². The number of anilines is 1. The third kappa shape index (κ3) is 1.70. The molecule has 1 aromatic heterocycles. The minimum atomic E-state index is -1.14. The van der Waals surface area contributed by atoms with Gasteiger partial charge in [0.1, 0.15) is 0 Å². The van der Waals surface area contributed by atoms with E-state index in [1.807, 2.05) is 5.32 Å². The highest BCUT2D eigenvalue weighted by Gasteiger charge is 1.95. The Morgan fingerprint density at radius 1 is 1.70 bits per heavy atom. The van der Waals surface area contributed by atoms with Crippen molar-refractivity contribution in [2.75, 3.05) is 5.32 Å². The molecule has 0 atom stereocenters. The van der Waals surface area contributed by atoms with Crippen molar-refractivity contribution in [1.82, 2.24) is 10.2 Å². The molecule has 0 spiro atoms. The van der Waals surface area contributed by atoms with Crippen LogP contribution in [0.4, 0.5) is 10.6 Å². The van der Waals surface area contributed by atoms with E-state index in [1.54, 1.807) is 6.07 Å². The number of amides is 1. The zero-order valence-electron chi connectivity index (χ0n) is 4.98. The van der Waals surface area contributed by atoms with Crippen LogP contribution in [0.2, 0.25) is 0 Å². The number of carbonyl (C=O) groups is 1. The number of carboxylic acid groups (broad SMARTS) is 1. The predicted molar refractivity (Wildman–Crippen MR) is 33.7 cm³/mol. The van der Waals surface area contributed by atoms with Crippen LogP contribution in [-0.2, 0) is 0 Å². The third-order valence-corrected chi connectivity index (χ3v) is 0.807. The molecule has 1 amide bonds.